The highest BCUT2D eigenvalue weighted by atomic mass is 32.1. The molecule has 0 aliphatic heterocycles. The van der Waals surface area contributed by atoms with Crippen molar-refractivity contribution >= 4 is 22.4 Å². The summed E-state index contributed by atoms with van der Waals surface area (Å²) in [6.45, 7) is 4.23. The first-order valence-corrected chi connectivity index (χ1v) is 9.12. The van der Waals surface area contributed by atoms with Crippen molar-refractivity contribution in [3.63, 3.8) is 0 Å². The molecular formula is C20H18N4OS. The summed E-state index contributed by atoms with van der Waals surface area (Å²) in [7, 11) is 0. The van der Waals surface area contributed by atoms with Crippen LogP contribution in [0.15, 0.2) is 48.5 Å². The molecule has 1 heterocycles. The van der Waals surface area contributed by atoms with Gasteiger partial charge in [0.15, 0.2) is 0 Å². The van der Waals surface area contributed by atoms with Crippen molar-refractivity contribution in [3.05, 3.63) is 64.7 Å². The summed E-state index contributed by atoms with van der Waals surface area (Å²) in [4.78, 5) is 12.8. The average Bonchev–Trinajstić information content (AvgIpc) is 3.07. The molecule has 1 amide bonds. The summed E-state index contributed by atoms with van der Waals surface area (Å²) < 4.78 is 0. The minimum atomic E-state index is -0.263. The Morgan fingerprint density at radius 1 is 1.12 bits per heavy atom. The molecule has 6 heteroatoms. The highest BCUT2D eigenvalue weighted by Gasteiger charge is 2.16. The molecule has 1 aromatic heterocycles. The van der Waals surface area contributed by atoms with Crippen LogP contribution >= 0.6 is 11.3 Å². The van der Waals surface area contributed by atoms with Crippen molar-refractivity contribution < 1.29 is 4.79 Å². The van der Waals surface area contributed by atoms with Crippen molar-refractivity contribution in [2.45, 2.75) is 20.3 Å². The second-order valence-electron chi connectivity index (χ2n) is 6.26. The van der Waals surface area contributed by atoms with Crippen LogP contribution in [0.5, 0.6) is 0 Å². The van der Waals surface area contributed by atoms with E-state index in [2.05, 4.69) is 35.4 Å². The first-order valence-electron chi connectivity index (χ1n) is 8.30. The second-order valence-corrected chi connectivity index (χ2v) is 7.32. The molecule has 3 aromatic rings. The third-order valence-electron chi connectivity index (χ3n) is 3.78. The first kappa shape index (κ1) is 17.8. The number of carbonyl (C=O) groups excluding carboxylic acids is 1. The van der Waals surface area contributed by atoms with Crippen LogP contribution in [-0.2, 0) is 6.42 Å². The lowest BCUT2D eigenvalue weighted by atomic mass is 9.95. The fourth-order valence-electron chi connectivity index (χ4n) is 2.63. The molecule has 0 radical (unpaired) electrons. The fourth-order valence-corrected chi connectivity index (χ4v) is 3.58. The van der Waals surface area contributed by atoms with Crippen molar-refractivity contribution in [2.75, 3.05) is 5.32 Å². The molecule has 0 aliphatic carbocycles. The van der Waals surface area contributed by atoms with Gasteiger partial charge in [-0.25, -0.2) is 0 Å². The van der Waals surface area contributed by atoms with E-state index < -0.39 is 0 Å². The Bertz CT molecular complexity index is 972. The molecule has 0 saturated heterocycles. The van der Waals surface area contributed by atoms with E-state index in [4.69, 9.17) is 0 Å². The minimum Gasteiger partial charge on any atom is -0.296 e. The number of nitrogens with one attached hydrogen (secondary N) is 1. The number of amides is 1. The molecule has 0 spiro atoms. The molecular weight excluding hydrogens is 344 g/mol. The first-order chi connectivity index (χ1) is 12.6. The largest absolute Gasteiger partial charge is 0.296 e. The van der Waals surface area contributed by atoms with E-state index in [1.165, 1.54) is 11.3 Å². The molecule has 0 aliphatic rings. The molecule has 0 fully saturated rings. The molecule has 0 bridgehead atoms. The number of nitrogens with zero attached hydrogens (tertiary/aromatic N) is 3. The molecule has 1 N–H and O–H groups in total. The Balaban J connectivity index is 1.89. The van der Waals surface area contributed by atoms with Gasteiger partial charge in [0.2, 0.25) is 5.13 Å². The minimum absolute atomic E-state index is 0.263. The van der Waals surface area contributed by atoms with Gasteiger partial charge in [0, 0.05) is 17.5 Å². The van der Waals surface area contributed by atoms with E-state index in [0.29, 0.717) is 27.7 Å². The van der Waals surface area contributed by atoms with Gasteiger partial charge in [0.05, 0.1) is 11.6 Å². The Morgan fingerprint density at radius 3 is 2.54 bits per heavy atom. The smallest absolute Gasteiger partial charge is 0.258 e. The molecule has 0 saturated carbocycles. The van der Waals surface area contributed by atoms with Crippen LogP contribution in [0.4, 0.5) is 5.13 Å². The molecule has 0 unspecified atom stereocenters. The molecule has 2 aromatic carbocycles. The summed E-state index contributed by atoms with van der Waals surface area (Å²) in [6, 6.07) is 16.7. The van der Waals surface area contributed by atoms with Crippen LogP contribution in [0, 0.1) is 17.2 Å². The van der Waals surface area contributed by atoms with E-state index in [1.807, 2.05) is 30.3 Å². The third kappa shape index (κ3) is 3.95. The normalized spacial score (nSPS) is 10.5. The monoisotopic (exact) mass is 362 g/mol. The number of hydrogen-bond donors (Lipinski definition) is 1. The second kappa shape index (κ2) is 7.89. The van der Waals surface area contributed by atoms with Gasteiger partial charge in [-0.05, 0) is 23.6 Å². The number of carbonyl (C=O) groups is 1. The topological polar surface area (TPSA) is 78.7 Å². The van der Waals surface area contributed by atoms with Crippen LogP contribution in [0.25, 0.3) is 11.1 Å². The van der Waals surface area contributed by atoms with Crippen LogP contribution in [0.1, 0.15) is 34.8 Å². The third-order valence-corrected chi connectivity index (χ3v) is 4.64. The van der Waals surface area contributed by atoms with Crippen LogP contribution in [-0.4, -0.2) is 16.1 Å². The SMILES string of the molecule is CC(C)Cc1nnc(NC(=O)c2ccccc2-c2ccccc2C#N)s1. The molecule has 26 heavy (non-hydrogen) atoms. The lowest BCUT2D eigenvalue weighted by Gasteiger charge is -2.10. The predicted molar refractivity (Wildman–Crippen MR) is 103 cm³/mol. The van der Waals surface area contributed by atoms with Gasteiger partial charge in [0.1, 0.15) is 5.01 Å². The van der Waals surface area contributed by atoms with E-state index in [0.717, 1.165) is 17.0 Å². The number of nitriles is 1. The molecule has 0 atom stereocenters. The van der Waals surface area contributed by atoms with E-state index >= 15 is 0 Å². The highest BCUT2D eigenvalue weighted by molar-refractivity contribution is 7.15. The summed E-state index contributed by atoms with van der Waals surface area (Å²) in [5.74, 6) is 0.218. The van der Waals surface area contributed by atoms with Gasteiger partial charge in [-0.3, -0.25) is 10.1 Å². The Morgan fingerprint density at radius 2 is 1.81 bits per heavy atom. The zero-order chi connectivity index (χ0) is 18.5. The fraction of sp³-hybridized carbons (Fsp3) is 0.200. The van der Waals surface area contributed by atoms with Crippen molar-refractivity contribution in [2.24, 2.45) is 5.92 Å². The summed E-state index contributed by atoms with van der Waals surface area (Å²) in [6.07, 6.45) is 0.833. The standard InChI is InChI=1S/C20H18N4OS/c1-13(2)11-18-23-24-20(26-18)22-19(25)17-10-6-5-9-16(17)15-8-4-3-7-14(15)12-21/h3-10,13H,11H2,1-2H3,(H,22,24,25). The van der Waals surface area contributed by atoms with Crippen molar-refractivity contribution in [1.82, 2.24) is 10.2 Å². The zero-order valence-electron chi connectivity index (χ0n) is 14.6. The number of benzene rings is 2. The maximum absolute atomic E-state index is 12.8. The molecule has 130 valence electrons. The maximum atomic E-state index is 12.8. The van der Waals surface area contributed by atoms with Gasteiger partial charge >= 0.3 is 0 Å². The van der Waals surface area contributed by atoms with E-state index in [1.54, 1.807) is 18.2 Å². The number of anilines is 1. The highest BCUT2D eigenvalue weighted by Crippen LogP contribution is 2.28. The van der Waals surface area contributed by atoms with Crippen LogP contribution in [0.2, 0.25) is 0 Å². The van der Waals surface area contributed by atoms with Crippen molar-refractivity contribution in [3.8, 4) is 17.2 Å². The van der Waals surface area contributed by atoms with E-state index in [9.17, 15) is 10.1 Å². The van der Waals surface area contributed by atoms with E-state index in [-0.39, 0.29) is 5.91 Å². The Hall–Kier alpha value is -3.04. The van der Waals surface area contributed by atoms with Gasteiger partial charge < -0.3 is 0 Å². The number of hydrogen-bond acceptors (Lipinski definition) is 5. The Kier molecular flexibility index (Phi) is 5.40. The van der Waals surface area contributed by atoms with Crippen LogP contribution in [0.3, 0.4) is 0 Å². The summed E-state index contributed by atoms with van der Waals surface area (Å²) in [5.41, 5.74) is 2.48. The lowest BCUT2D eigenvalue weighted by molar-refractivity contribution is 0.102. The van der Waals surface area contributed by atoms with Crippen molar-refractivity contribution in [1.29, 1.82) is 5.26 Å². The van der Waals surface area contributed by atoms with Gasteiger partial charge in [0.25, 0.3) is 5.91 Å². The molecule has 3 rings (SSSR count). The van der Waals surface area contributed by atoms with Gasteiger partial charge in [-0.2, -0.15) is 5.26 Å². The van der Waals surface area contributed by atoms with Crippen LogP contribution < -0.4 is 5.32 Å². The zero-order valence-corrected chi connectivity index (χ0v) is 15.4. The maximum Gasteiger partial charge on any atom is 0.258 e. The number of aromatic nitrogens is 2. The quantitative estimate of drug-likeness (QED) is 0.723. The average molecular weight is 362 g/mol. The number of rotatable bonds is 5. The van der Waals surface area contributed by atoms with Gasteiger partial charge in [-0.1, -0.05) is 61.6 Å². The summed E-state index contributed by atoms with van der Waals surface area (Å²) >= 11 is 1.39. The van der Waals surface area contributed by atoms with Gasteiger partial charge in [-0.15, -0.1) is 10.2 Å². The predicted octanol–water partition coefficient (Wildman–Crippen LogP) is 4.53. The Labute approximate surface area is 156 Å². The summed E-state index contributed by atoms with van der Waals surface area (Å²) in [5, 5.41) is 21.7. The lowest BCUT2D eigenvalue weighted by Crippen LogP contribution is -2.13. The molecule has 5 nitrogen and oxygen atoms in total.